The number of fused-ring (bicyclic) bond motifs is 1. The summed E-state index contributed by atoms with van der Waals surface area (Å²) in [6.45, 7) is 1.03. The van der Waals surface area contributed by atoms with Gasteiger partial charge in [0, 0.05) is 19.0 Å². The number of rotatable bonds is 0. The lowest BCUT2D eigenvalue weighted by Crippen LogP contribution is -2.38. The molecule has 2 aliphatic heterocycles. The average Bonchev–Trinajstić information content (AvgIpc) is 2.43. The highest BCUT2D eigenvalue weighted by molar-refractivity contribution is 5.76. The first-order valence-corrected chi connectivity index (χ1v) is 5.67. The molecule has 2 heterocycles. The summed E-state index contributed by atoms with van der Waals surface area (Å²) in [5.74, 6) is 0.421. The zero-order valence-corrected chi connectivity index (χ0v) is 8.30. The van der Waals surface area contributed by atoms with Crippen LogP contribution >= 0.6 is 0 Å². The molecule has 0 aromatic heterocycles. The Hall–Kier alpha value is -0.530. The van der Waals surface area contributed by atoms with Gasteiger partial charge in [0.1, 0.15) is 0 Å². The summed E-state index contributed by atoms with van der Waals surface area (Å²) in [5.41, 5.74) is 0. The standard InChI is InChI=1S/C11H19NO/c13-11-8-4-3-7-10-6-2-1-5-9-12(10)11/h10H,1-9H2/t10-/m1/s1. The van der Waals surface area contributed by atoms with Crippen molar-refractivity contribution in [2.75, 3.05) is 6.54 Å². The quantitative estimate of drug-likeness (QED) is 0.561. The van der Waals surface area contributed by atoms with Crippen molar-refractivity contribution in [3.63, 3.8) is 0 Å². The van der Waals surface area contributed by atoms with Crippen LogP contribution in [0.5, 0.6) is 0 Å². The van der Waals surface area contributed by atoms with E-state index < -0.39 is 0 Å². The van der Waals surface area contributed by atoms with E-state index in [2.05, 4.69) is 4.90 Å². The molecule has 2 rings (SSSR count). The Labute approximate surface area is 80.3 Å². The van der Waals surface area contributed by atoms with Crippen LogP contribution in [0.1, 0.15) is 51.4 Å². The molecule has 2 nitrogen and oxygen atoms in total. The number of carbonyl (C=O) groups excluding carboxylic acids is 1. The van der Waals surface area contributed by atoms with Crippen LogP contribution in [0.4, 0.5) is 0 Å². The van der Waals surface area contributed by atoms with E-state index in [0.717, 1.165) is 19.4 Å². The van der Waals surface area contributed by atoms with Crippen LogP contribution in [-0.2, 0) is 4.79 Å². The van der Waals surface area contributed by atoms with Gasteiger partial charge in [0.15, 0.2) is 0 Å². The van der Waals surface area contributed by atoms with Gasteiger partial charge in [-0.25, -0.2) is 0 Å². The molecule has 0 radical (unpaired) electrons. The first-order chi connectivity index (χ1) is 6.38. The van der Waals surface area contributed by atoms with E-state index in [1.165, 1.54) is 38.5 Å². The van der Waals surface area contributed by atoms with E-state index in [9.17, 15) is 4.79 Å². The molecule has 13 heavy (non-hydrogen) atoms. The summed E-state index contributed by atoms with van der Waals surface area (Å²) >= 11 is 0. The molecular formula is C11H19NO. The molecule has 0 aromatic carbocycles. The number of hydrogen-bond acceptors (Lipinski definition) is 1. The third-order valence-corrected chi connectivity index (χ3v) is 3.38. The average molecular weight is 181 g/mol. The minimum absolute atomic E-state index is 0.421. The van der Waals surface area contributed by atoms with Crippen molar-refractivity contribution in [3.8, 4) is 0 Å². The van der Waals surface area contributed by atoms with Crippen LogP contribution in [0.2, 0.25) is 0 Å². The SMILES string of the molecule is O=C1CCCC[C@H]2CCCCCN12. The fourth-order valence-corrected chi connectivity index (χ4v) is 2.61. The Bertz CT molecular complexity index is 189. The Morgan fingerprint density at radius 1 is 1.00 bits per heavy atom. The molecule has 2 aliphatic rings. The molecule has 2 fully saturated rings. The normalized spacial score (nSPS) is 30.6. The summed E-state index contributed by atoms with van der Waals surface area (Å²) in [4.78, 5) is 13.9. The predicted octanol–water partition coefficient (Wildman–Crippen LogP) is 2.33. The van der Waals surface area contributed by atoms with Gasteiger partial charge in [-0.15, -0.1) is 0 Å². The highest BCUT2D eigenvalue weighted by Gasteiger charge is 2.26. The summed E-state index contributed by atoms with van der Waals surface area (Å²) in [7, 11) is 0. The van der Waals surface area contributed by atoms with Gasteiger partial charge in [-0.3, -0.25) is 4.79 Å². The van der Waals surface area contributed by atoms with Crippen molar-refractivity contribution in [2.45, 2.75) is 57.4 Å². The molecule has 2 heteroatoms. The van der Waals surface area contributed by atoms with Crippen molar-refractivity contribution in [1.82, 2.24) is 4.90 Å². The Kier molecular flexibility index (Phi) is 2.87. The van der Waals surface area contributed by atoms with E-state index in [0.29, 0.717) is 11.9 Å². The fourth-order valence-electron chi connectivity index (χ4n) is 2.61. The van der Waals surface area contributed by atoms with Crippen molar-refractivity contribution < 1.29 is 4.79 Å². The lowest BCUT2D eigenvalue weighted by atomic mass is 10.1. The maximum Gasteiger partial charge on any atom is 0.222 e. The molecule has 1 atom stereocenters. The summed E-state index contributed by atoms with van der Waals surface area (Å²) < 4.78 is 0. The number of hydrogen-bond donors (Lipinski definition) is 0. The second kappa shape index (κ2) is 4.12. The van der Waals surface area contributed by atoms with Crippen molar-refractivity contribution in [3.05, 3.63) is 0 Å². The van der Waals surface area contributed by atoms with Gasteiger partial charge < -0.3 is 4.90 Å². The van der Waals surface area contributed by atoms with Gasteiger partial charge in [0.05, 0.1) is 0 Å². The smallest absolute Gasteiger partial charge is 0.222 e. The highest BCUT2D eigenvalue weighted by Crippen LogP contribution is 2.25. The van der Waals surface area contributed by atoms with E-state index in [-0.39, 0.29) is 0 Å². The molecule has 74 valence electrons. The molecule has 1 amide bonds. The minimum atomic E-state index is 0.421. The number of carbonyl (C=O) groups is 1. The van der Waals surface area contributed by atoms with Gasteiger partial charge >= 0.3 is 0 Å². The van der Waals surface area contributed by atoms with Gasteiger partial charge in [-0.2, -0.15) is 0 Å². The third kappa shape index (κ3) is 2.04. The second-order valence-electron chi connectivity index (χ2n) is 4.34. The van der Waals surface area contributed by atoms with Crippen molar-refractivity contribution in [2.24, 2.45) is 0 Å². The zero-order chi connectivity index (χ0) is 9.10. The Balaban J connectivity index is 2.07. The molecule has 0 aliphatic carbocycles. The molecule has 0 spiro atoms. The molecule has 0 unspecified atom stereocenters. The molecule has 0 N–H and O–H groups in total. The topological polar surface area (TPSA) is 20.3 Å². The third-order valence-electron chi connectivity index (χ3n) is 3.38. The van der Waals surface area contributed by atoms with Gasteiger partial charge in [0.2, 0.25) is 5.91 Å². The van der Waals surface area contributed by atoms with Crippen LogP contribution in [0.15, 0.2) is 0 Å². The van der Waals surface area contributed by atoms with Crippen LogP contribution in [0, 0.1) is 0 Å². The molecule has 0 saturated carbocycles. The first kappa shape index (κ1) is 9.04. The minimum Gasteiger partial charge on any atom is -0.340 e. The highest BCUT2D eigenvalue weighted by atomic mass is 16.2. The first-order valence-electron chi connectivity index (χ1n) is 5.67. The monoisotopic (exact) mass is 181 g/mol. The van der Waals surface area contributed by atoms with Gasteiger partial charge in [-0.1, -0.05) is 19.3 Å². The molecular weight excluding hydrogens is 162 g/mol. The van der Waals surface area contributed by atoms with Gasteiger partial charge in [0.25, 0.3) is 0 Å². The van der Waals surface area contributed by atoms with E-state index in [1.807, 2.05) is 0 Å². The Morgan fingerprint density at radius 3 is 2.62 bits per heavy atom. The zero-order valence-electron chi connectivity index (χ0n) is 8.30. The summed E-state index contributed by atoms with van der Waals surface area (Å²) in [6, 6.07) is 0.595. The van der Waals surface area contributed by atoms with Crippen LogP contribution in [-0.4, -0.2) is 23.4 Å². The maximum absolute atomic E-state index is 11.7. The molecule has 2 saturated heterocycles. The number of nitrogens with zero attached hydrogens (tertiary/aromatic N) is 1. The summed E-state index contributed by atoms with van der Waals surface area (Å²) in [5, 5.41) is 0. The van der Waals surface area contributed by atoms with Gasteiger partial charge in [-0.05, 0) is 25.7 Å². The molecule has 0 aromatic rings. The van der Waals surface area contributed by atoms with Crippen molar-refractivity contribution in [1.29, 1.82) is 0 Å². The predicted molar refractivity (Wildman–Crippen MR) is 52.4 cm³/mol. The van der Waals surface area contributed by atoms with Crippen molar-refractivity contribution >= 4 is 5.91 Å². The summed E-state index contributed by atoms with van der Waals surface area (Å²) in [6.07, 6.45) is 9.56. The lowest BCUT2D eigenvalue weighted by Gasteiger charge is -2.27. The van der Waals surface area contributed by atoms with Crippen LogP contribution < -0.4 is 0 Å². The van der Waals surface area contributed by atoms with Crippen LogP contribution in [0.25, 0.3) is 0 Å². The lowest BCUT2D eigenvalue weighted by molar-refractivity contribution is -0.132. The van der Waals surface area contributed by atoms with E-state index in [1.54, 1.807) is 0 Å². The maximum atomic E-state index is 11.7. The molecule has 0 bridgehead atoms. The fraction of sp³-hybridized carbons (Fsp3) is 0.909. The van der Waals surface area contributed by atoms with Crippen LogP contribution in [0.3, 0.4) is 0 Å². The van der Waals surface area contributed by atoms with E-state index in [4.69, 9.17) is 0 Å². The number of amides is 1. The van der Waals surface area contributed by atoms with E-state index >= 15 is 0 Å². The largest absolute Gasteiger partial charge is 0.340 e. The Morgan fingerprint density at radius 2 is 1.77 bits per heavy atom. The second-order valence-corrected chi connectivity index (χ2v) is 4.34.